The first-order chi connectivity index (χ1) is 13.2. The molecule has 0 heterocycles. The van der Waals surface area contributed by atoms with Gasteiger partial charge in [0, 0.05) is 6.54 Å². The smallest absolute Gasteiger partial charge is 0.263 e. The number of amides is 2. The van der Waals surface area contributed by atoms with Gasteiger partial charge < -0.3 is 15.0 Å². The summed E-state index contributed by atoms with van der Waals surface area (Å²) in [5, 5.41) is 3.78. The number of hydrogen-bond acceptors (Lipinski definition) is 3. The summed E-state index contributed by atoms with van der Waals surface area (Å²) in [7, 11) is 0. The zero-order chi connectivity index (χ0) is 20.8. The van der Waals surface area contributed by atoms with Crippen LogP contribution in [0.4, 0.5) is 5.69 Å². The zero-order valence-corrected chi connectivity index (χ0v) is 18.2. The quantitative estimate of drug-likeness (QED) is 0.585. The number of para-hydroxylation sites is 1. The lowest BCUT2D eigenvalue weighted by Gasteiger charge is -2.25. The zero-order valence-electron chi connectivity index (χ0n) is 15.1. The third kappa shape index (κ3) is 5.67. The summed E-state index contributed by atoms with van der Waals surface area (Å²) >= 11 is 24.1. The Bertz CT molecular complexity index is 856. The molecule has 1 N–H and O–H groups in total. The van der Waals surface area contributed by atoms with Crippen molar-refractivity contribution in [1.82, 2.24) is 4.90 Å². The van der Waals surface area contributed by atoms with Crippen LogP contribution < -0.4 is 10.1 Å². The number of nitrogens with zero attached hydrogens (tertiary/aromatic N) is 1. The second kappa shape index (κ2) is 10.2. The van der Waals surface area contributed by atoms with Gasteiger partial charge in [-0.15, -0.1) is 0 Å². The van der Waals surface area contributed by atoms with Crippen molar-refractivity contribution in [1.29, 1.82) is 0 Å². The number of rotatable bonds is 7. The molecular weight excluding hydrogens is 446 g/mol. The van der Waals surface area contributed by atoms with Crippen LogP contribution in [0.3, 0.4) is 0 Å². The van der Waals surface area contributed by atoms with Crippen LogP contribution in [0.15, 0.2) is 36.4 Å². The summed E-state index contributed by atoms with van der Waals surface area (Å²) in [5.41, 5.74) is 0.300. The molecule has 1 atom stereocenters. The lowest BCUT2D eigenvalue weighted by Crippen LogP contribution is -2.44. The third-order valence-corrected chi connectivity index (χ3v) is 5.25. The maximum Gasteiger partial charge on any atom is 0.263 e. The number of benzene rings is 2. The average Bonchev–Trinajstić information content (AvgIpc) is 2.66. The van der Waals surface area contributed by atoms with E-state index in [-0.39, 0.29) is 17.5 Å². The van der Waals surface area contributed by atoms with Gasteiger partial charge in [0.05, 0.1) is 27.3 Å². The molecular formula is C19H18Cl4N2O3. The van der Waals surface area contributed by atoms with Gasteiger partial charge in [-0.2, -0.15) is 0 Å². The Balaban J connectivity index is 2.04. The van der Waals surface area contributed by atoms with Crippen molar-refractivity contribution >= 4 is 63.9 Å². The van der Waals surface area contributed by atoms with Crippen LogP contribution in [-0.2, 0) is 9.59 Å². The Morgan fingerprint density at radius 2 is 1.61 bits per heavy atom. The van der Waals surface area contributed by atoms with E-state index < -0.39 is 12.0 Å². The van der Waals surface area contributed by atoms with Crippen LogP contribution in [0.1, 0.15) is 13.8 Å². The average molecular weight is 464 g/mol. The lowest BCUT2D eigenvalue weighted by atomic mass is 10.3. The molecule has 0 radical (unpaired) electrons. The van der Waals surface area contributed by atoms with E-state index in [1.165, 1.54) is 4.90 Å². The molecule has 2 amide bonds. The maximum atomic E-state index is 12.7. The normalized spacial score (nSPS) is 11.6. The molecule has 0 saturated carbocycles. The first kappa shape index (κ1) is 22.6. The summed E-state index contributed by atoms with van der Waals surface area (Å²) in [6.45, 7) is 3.45. The van der Waals surface area contributed by atoms with E-state index in [4.69, 9.17) is 51.1 Å². The van der Waals surface area contributed by atoms with Crippen LogP contribution >= 0.6 is 46.4 Å². The van der Waals surface area contributed by atoms with Gasteiger partial charge >= 0.3 is 0 Å². The molecule has 9 heteroatoms. The van der Waals surface area contributed by atoms with E-state index >= 15 is 0 Å². The van der Waals surface area contributed by atoms with Gasteiger partial charge in [0.2, 0.25) is 5.91 Å². The van der Waals surface area contributed by atoms with Crippen LogP contribution in [-0.4, -0.2) is 35.9 Å². The van der Waals surface area contributed by atoms with Gasteiger partial charge in [0.1, 0.15) is 10.8 Å². The minimum absolute atomic E-state index is 0.187. The predicted molar refractivity (Wildman–Crippen MR) is 114 cm³/mol. The molecule has 0 fully saturated rings. The van der Waals surface area contributed by atoms with Crippen molar-refractivity contribution in [3.63, 3.8) is 0 Å². The largest absolute Gasteiger partial charge is 0.479 e. The molecule has 0 aromatic heterocycles. The molecule has 28 heavy (non-hydrogen) atoms. The summed E-state index contributed by atoms with van der Waals surface area (Å²) in [6, 6.07) is 9.78. The van der Waals surface area contributed by atoms with E-state index in [9.17, 15) is 9.59 Å². The fraction of sp³-hybridized carbons (Fsp3) is 0.263. The summed E-state index contributed by atoms with van der Waals surface area (Å²) in [5.74, 6) is -0.518. The van der Waals surface area contributed by atoms with E-state index in [2.05, 4.69) is 5.32 Å². The van der Waals surface area contributed by atoms with Crippen LogP contribution in [0.2, 0.25) is 20.1 Å². The van der Waals surface area contributed by atoms with Gasteiger partial charge in [0.15, 0.2) is 6.10 Å². The van der Waals surface area contributed by atoms with Crippen LogP contribution in [0, 0.1) is 0 Å². The Hall–Kier alpha value is -1.66. The molecule has 0 aliphatic heterocycles. The van der Waals surface area contributed by atoms with Gasteiger partial charge in [-0.3, -0.25) is 9.59 Å². The standard InChI is InChI=1S/C19H18Cl4N2O3/c1-3-25(10-16(26)24-18-13(21)7-4-8-14(18)22)19(27)11(2)28-15-9-5-6-12(20)17(15)23/h4-9,11H,3,10H2,1-2H3,(H,24,26). The van der Waals surface area contributed by atoms with Gasteiger partial charge in [-0.25, -0.2) is 0 Å². The number of carbonyl (C=O) groups is 2. The molecule has 0 spiro atoms. The number of hydrogen-bond donors (Lipinski definition) is 1. The molecule has 1 unspecified atom stereocenters. The topological polar surface area (TPSA) is 58.6 Å². The highest BCUT2D eigenvalue weighted by molar-refractivity contribution is 6.43. The van der Waals surface area contributed by atoms with E-state index in [0.29, 0.717) is 33.0 Å². The van der Waals surface area contributed by atoms with Crippen molar-refractivity contribution in [2.24, 2.45) is 0 Å². The molecule has 0 bridgehead atoms. The number of likely N-dealkylation sites (N-methyl/N-ethyl adjacent to an activating group) is 1. The fourth-order valence-corrected chi connectivity index (χ4v) is 3.22. The molecule has 2 aromatic rings. The summed E-state index contributed by atoms with van der Waals surface area (Å²) in [6.07, 6.45) is -0.868. The Morgan fingerprint density at radius 3 is 2.21 bits per heavy atom. The van der Waals surface area contributed by atoms with Gasteiger partial charge in [-0.05, 0) is 38.1 Å². The molecule has 5 nitrogen and oxygen atoms in total. The van der Waals surface area contributed by atoms with Crippen LogP contribution in [0.25, 0.3) is 0 Å². The van der Waals surface area contributed by atoms with E-state index in [0.717, 1.165) is 0 Å². The Kier molecular flexibility index (Phi) is 8.25. The molecule has 0 saturated heterocycles. The van der Waals surface area contributed by atoms with Crippen molar-refractivity contribution in [2.45, 2.75) is 20.0 Å². The highest BCUT2D eigenvalue weighted by Crippen LogP contribution is 2.32. The summed E-state index contributed by atoms with van der Waals surface area (Å²) in [4.78, 5) is 26.4. The highest BCUT2D eigenvalue weighted by Gasteiger charge is 2.24. The van der Waals surface area contributed by atoms with Crippen molar-refractivity contribution in [3.8, 4) is 5.75 Å². The fourth-order valence-electron chi connectivity index (χ4n) is 2.39. The molecule has 2 aromatic carbocycles. The van der Waals surface area contributed by atoms with Gasteiger partial charge in [-0.1, -0.05) is 58.5 Å². The second-order valence-corrected chi connectivity index (χ2v) is 7.41. The number of halogens is 4. The van der Waals surface area contributed by atoms with E-state index in [1.54, 1.807) is 50.2 Å². The van der Waals surface area contributed by atoms with Crippen molar-refractivity contribution in [2.75, 3.05) is 18.4 Å². The minimum atomic E-state index is -0.868. The number of nitrogens with one attached hydrogen (secondary N) is 1. The number of carbonyl (C=O) groups excluding carboxylic acids is 2. The van der Waals surface area contributed by atoms with Gasteiger partial charge in [0.25, 0.3) is 5.91 Å². The van der Waals surface area contributed by atoms with Crippen molar-refractivity contribution < 1.29 is 14.3 Å². The predicted octanol–water partition coefficient (Wildman–Crippen LogP) is 5.55. The second-order valence-electron chi connectivity index (χ2n) is 5.81. The highest BCUT2D eigenvalue weighted by atomic mass is 35.5. The molecule has 2 rings (SSSR count). The van der Waals surface area contributed by atoms with E-state index in [1.807, 2.05) is 0 Å². The lowest BCUT2D eigenvalue weighted by molar-refractivity contribution is -0.140. The Morgan fingerprint density at radius 1 is 1.04 bits per heavy atom. The SMILES string of the molecule is CCN(CC(=O)Nc1c(Cl)cccc1Cl)C(=O)C(C)Oc1cccc(Cl)c1Cl. The molecule has 150 valence electrons. The molecule has 0 aliphatic carbocycles. The Labute approximate surface area is 183 Å². The molecule has 0 aliphatic rings. The monoisotopic (exact) mass is 462 g/mol. The summed E-state index contributed by atoms with van der Waals surface area (Å²) < 4.78 is 5.63. The first-order valence-electron chi connectivity index (χ1n) is 8.37. The number of ether oxygens (including phenoxy) is 1. The first-order valence-corrected chi connectivity index (χ1v) is 9.89. The minimum Gasteiger partial charge on any atom is -0.479 e. The van der Waals surface area contributed by atoms with Crippen molar-refractivity contribution in [3.05, 3.63) is 56.5 Å². The number of anilines is 1. The van der Waals surface area contributed by atoms with Crippen LogP contribution in [0.5, 0.6) is 5.75 Å². The maximum absolute atomic E-state index is 12.7. The third-order valence-electron chi connectivity index (χ3n) is 3.82.